The lowest BCUT2D eigenvalue weighted by molar-refractivity contribution is -0.177. The van der Waals surface area contributed by atoms with Gasteiger partial charge in [0.05, 0.1) is 0 Å². The average Bonchev–Trinajstić information content (AvgIpc) is 2.51. The summed E-state index contributed by atoms with van der Waals surface area (Å²) in [6.45, 7) is -1.34. The van der Waals surface area contributed by atoms with E-state index in [4.69, 9.17) is 10.2 Å². The summed E-state index contributed by atoms with van der Waals surface area (Å²) in [4.78, 5) is 0. The van der Waals surface area contributed by atoms with Gasteiger partial charge in [0.2, 0.25) is 11.8 Å². The maximum Gasteiger partial charge on any atom is 0.411 e. The lowest BCUT2D eigenvalue weighted by atomic mass is 10.4. The molecule has 0 spiro atoms. The quantitative estimate of drug-likeness (QED) is 0.796. The van der Waals surface area contributed by atoms with Crippen LogP contribution in [0.1, 0.15) is 11.8 Å². The first-order valence-corrected chi connectivity index (χ1v) is 4.17. The number of rotatable bonds is 5. The van der Waals surface area contributed by atoms with Gasteiger partial charge in [0.15, 0.2) is 0 Å². The number of nitrogens with two attached hydrogens (primary N) is 1. The molecule has 2 N–H and O–H groups in total. The minimum absolute atomic E-state index is 0.0164. The number of aromatic nitrogens is 2. The van der Waals surface area contributed by atoms with Crippen LogP contribution in [-0.4, -0.2) is 29.5 Å². The summed E-state index contributed by atoms with van der Waals surface area (Å²) in [5, 5.41) is 7.05. The third-order valence-electron chi connectivity index (χ3n) is 1.36. The highest BCUT2D eigenvalue weighted by Crippen LogP contribution is 2.15. The van der Waals surface area contributed by atoms with Gasteiger partial charge in [-0.1, -0.05) is 0 Å². The number of ether oxygens (including phenoxy) is 1. The molecule has 86 valence electrons. The fourth-order valence-corrected chi connectivity index (χ4v) is 0.825. The van der Waals surface area contributed by atoms with Gasteiger partial charge in [-0.25, -0.2) is 0 Å². The summed E-state index contributed by atoms with van der Waals surface area (Å²) in [7, 11) is 0. The molecule has 0 radical (unpaired) electrons. The van der Waals surface area contributed by atoms with Crippen LogP contribution in [0.2, 0.25) is 0 Å². The van der Waals surface area contributed by atoms with Crippen molar-refractivity contribution in [3.8, 4) is 0 Å². The monoisotopic (exact) mass is 225 g/mol. The minimum atomic E-state index is -4.35. The van der Waals surface area contributed by atoms with E-state index in [0.29, 0.717) is 18.9 Å². The van der Waals surface area contributed by atoms with E-state index in [0.717, 1.165) is 0 Å². The summed E-state index contributed by atoms with van der Waals surface area (Å²) in [5.74, 6) is 0.311. The predicted octanol–water partition coefficient (Wildman–Crippen LogP) is 0.650. The fourth-order valence-electron chi connectivity index (χ4n) is 0.825. The zero-order chi connectivity index (χ0) is 11.3. The molecule has 0 aliphatic carbocycles. The fraction of sp³-hybridized carbons (Fsp3) is 0.714. The van der Waals surface area contributed by atoms with E-state index in [1.165, 1.54) is 0 Å². The van der Waals surface area contributed by atoms with Crippen LogP contribution in [0.4, 0.5) is 13.2 Å². The van der Waals surface area contributed by atoms with E-state index in [2.05, 4.69) is 14.9 Å². The zero-order valence-electron chi connectivity index (χ0n) is 7.75. The molecule has 0 aliphatic heterocycles. The maximum atomic E-state index is 11.7. The molecule has 1 aromatic heterocycles. The van der Waals surface area contributed by atoms with Crippen molar-refractivity contribution in [1.82, 2.24) is 10.2 Å². The van der Waals surface area contributed by atoms with Crippen LogP contribution in [0.25, 0.3) is 0 Å². The second-order valence-electron chi connectivity index (χ2n) is 2.74. The van der Waals surface area contributed by atoms with E-state index < -0.39 is 12.8 Å². The minimum Gasteiger partial charge on any atom is -0.423 e. The van der Waals surface area contributed by atoms with Crippen LogP contribution >= 0.6 is 0 Å². The van der Waals surface area contributed by atoms with Crippen LogP contribution in [0.3, 0.4) is 0 Å². The van der Waals surface area contributed by atoms with Crippen LogP contribution in [0.15, 0.2) is 4.42 Å². The van der Waals surface area contributed by atoms with Crippen molar-refractivity contribution in [1.29, 1.82) is 0 Å². The van der Waals surface area contributed by atoms with E-state index in [1.54, 1.807) is 0 Å². The summed E-state index contributed by atoms with van der Waals surface area (Å²) in [5.41, 5.74) is 5.22. The number of nitrogens with zero attached hydrogens (tertiary/aromatic N) is 2. The van der Waals surface area contributed by atoms with Crippen LogP contribution < -0.4 is 5.73 Å². The van der Waals surface area contributed by atoms with Gasteiger partial charge in [-0.15, -0.1) is 10.2 Å². The van der Waals surface area contributed by atoms with E-state index in [9.17, 15) is 13.2 Å². The van der Waals surface area contributed by atoms with Gasteiger partial charge in [0, 0.05) is 13.0 Å². The van der Waals surface area contributed by atoms with Crippen molar-refractivity contribution < 1.29 is 22.3 Å². The molecule has 0 saturated heterocycles. The predicted molar refractivity (Wildman–Crippen MR) is 42.8 cm³/mol. The van der Waals surface area contributed by atoms with Crippen LogP contribution in [-0.2, 0) is 17.8 Å². The Morgan fingerprint density at radius 3 is 2.53 bits per heavy atom. The van der Waals surface area contributed by atoms with Gasteiger partial charge < -0.3 is 14.9 Å². The SMILES string of the molecule is NCCc1nnc(COCC(F)(F)F)o1. The van der Waals surface area contributed by atoms with Gasteiger partial charge in [-0.2, -0.15) is 13.2 Å². The normalized spacial score (nSPS) is 12.0. The molecule has 1 rings (SSSR count). The molecule has 0 fully saturated rings. The molecule has 0 bridgehead atoms. The number of hydrogen-bond donors (Lipinski definition) is 1. The Kier molecular flexibility index (Phi) is 4.04. The van der Waals surface area contributed by atoms with Crippen molar-refractivity contribution in [2.24, 2.45) is 5.73 Å². The highest BCUT2D eigenvalue weighted by molar-refractivity contribution is 4.80. The second kappa shape index (κ2) is 5.08. The van der Waals surface area contributed by atoms with Gasteiger partial charge in [-0.3, -0.25) is 0 Å². The third-order valence-corrected chi connectivity index (χ3v) is 1.36. The number of alkyl halides is 3. The molecular weight excluding hydrogens is 215 g/mol. The standard InChI is InChI=1S/C7H10F3N3O2/c8-7(9,10)4-14-3-6-13-12-5(15-6)1-2-11/h1-4,11H2. The maximum absolute atomic E-state index is 11.7. The molecule has 0 amide bonds. The van der Waals surface area contributed by atoms with Crippen molar-refractivity contribution >= 4 is 0 Å². The topological polar surface area (TPSA) is 74.2 Å². The molecule has 8 heteroatoms. The Balaban J connectivity index is 2.31. The molecule has 0 saturated carbocycles. The zero-order valence-corrected chi connectivity index (χ0v) is 7.75. The smallest absolute Gasteiger partial charge is 0.411 e. The molecule has 5 nitrogen and oxygen atoms in total. The Labute approximate surface area is 83.4 Å². The van der Waals surface area contributed by atoms with Gasteiger partial charge in [-0.05, 0) is 0 Å². The van der Waals surface area contributed by atoms with Gasteiger partial charge in [0.1, 0.15) is 13.2 Å². The molecule has 0 aromatic carbocycles. The van der Waals surface area contributed by atoms with Crippen molar-refractivity contribution in [3.05, 3.63) is 11.8 Å². The first kappa shape index (κ1) is 11.9. The molecule has 1 heterocycles. The lowest BCUT2D eigenvalue weighted by Gasteiger charge is -2.04. The second-order valence-corrected chi connectivity index (χ2v) is 2.74. The van der Waals surface area contributed by atoms with E-state index in [-0.39, 0.29) is 12.5 Å². The van der Waals surface area contributed by atoms with Gasteiger partial charge in [0.25, 0.3) is 0 Å². The molecule has 15 heavy (non-hydrogen) atoms. The average molecular weight is 225 g/mol. The molecule has 0 aliphatic rings. The number of halogens is 3. The summed E-state index contributed by atoms with van der Waals surface area (Å²) in [6.07, 6.45) is -3.95. The van der Waals surface area contributed by atoms with E-state index in [1.807, 2.05) is 0 Å². The van der Waals surface area contributed by atoms with Gasteiger partial charge >= 0.3 is 6.18 Å². The van der Waals surface area contributed by atoms with Crippen molar-refractivity contribution in [2.75, 3.05) is 13.2 Å². The molecule has 0 atom stereocenters. The Hall–Kier alpha value is -1.15. The van der Waals surface area contributed by atoms with Crippen LogP contribution in [0, 0.1) is 0 Å². The summed E-state index contributed by atoms with van der Waals surface area (Å²) < 4.78 is 44.3. The molecular formula is C7H10F3N3O2. The van der Waals surface area contributed by atoms with Crippen LogP contribution in [0.5, 0.6) is 0 Å². The number of hydrogen-bond acceptors (Lipinski definition) is 5. The highest BCUT2D eigenvalue weighted by atomic mass is 19.4. The Bertz CT molecular complexity index is 300. The Morgan fingerprint density at radius 1 is 1.27 bits per heavy atom. The molecule has 0 unspecified atom stereocenters. The summed E-state index contributed by atoms with van der Waals surface area (Å²) in [6, 6.07) is 0. The first-order valence-electron chi connectivity index (χ1n) is 4.17. The summed E-state index contributed by atoms with van der Waals surface area (Å²) >= 11 is 0. The van der Waals surface area contributed by atoms with Crippen molar-refractivity contribution in [3.63, 3.8) is 0 Å². The highest BCUT2D eigenvalue weighted by Gasteiger charge is 2.27. The van der Waals surface area contributed by atoms with E-state index >= 15 is 0 Å². The Morgan fingerprint density at radius 2 is 1.93 bits per heavy atom. The lowest BCUT2D eigenvalue weighted by Crippen LogP contribution is -2.16. The first-order chi connectivity index (χ1) is 7.01. The molecule has 1 aromatic rings. The third kappa shape index (κ3) is 4.75. The largest absolute Gasteiger partial charge is 0.423 e. The van der Waals surface area contributed by atoms with Crippen molar-refractivity contribution in [2.45, 2.75) is 19.2 Å².